The van der Waals surface area contributed by atoms with Gasteiger partial charge >= 0.3 is 5.97 Å². The van der Waals surface area contributed by atoms with Crippen molar-refractivity contribution in [2.75, 3.05) is 7.11 Å². The van der Waals surface area contributed by atoms with Crippen molar-refractivity contribution in [1.29, 1.82) is 0 Å². The highest BCUT2D eigenvalue weighted by atomic mass is 16.5. The zero-order valence-electron chi connectivity index (χ0n) is 10.3. The Bertz CT molecular complexity index is 270. The number of allylic oxidation sites excluding steroid dienone is 1. The van der Waals surface area contributed by atoms with E-state index in [0.717, 1.165) is 24.8 Å². The first kappa shape index (κ1) is 13.2. The number of carbonyl (C=O) groups excluding carboxylic acids is 1. The molecule has 16 heavy (non-hydrogen) atoms. The smallest absolute Gasteiger partial charge is 0.308 e. The summed E-state index contributed by atoms with van der Waals surface area (Å²) in [6.45, 7) is 2.16. The third-order valence-electron chi connectivity index (χ3n) is 3.26. The molecule has 0 radical (unpaired) electrons. The average Bonchev–Trinajstić information content (AvgIpc) is 2.60. The van der Waals surface area contributed by atoms with Gasteiger partial charge < -0.3 is 9.84 Å². The maximum absolute atomic E-state index is 11.2. The third-order valence-corrected chi connectivity index (χ3v) is 3.26. The molecule has 1 N–H and O–H groups in total. The van der Waals surface area contributed by atoms with Crippen molar-refractivity contribution in [3.05, 3.63) is 11.6 Å². The van der Waals surface area contributed by atoms with Crippen LogP contribution in [0, 0.1) is 0 Å². The van der Waals surface area contributed by atoms with Crippen LogP contribution in [-0.2, 0) is 9.53 Å². The molecule has 0 aliphatic heterocycles. The minimum atomic E-state index is -0.930. The molecule has 1 unspecified atom stereocenters. The Morgan fingerprint density at radius 1 is 1.56 bits per heavy atom. The van der Waals surface area contributed by atoms with Gasteiger partial charge in [-0.3, -0.25) is 4.79 Å². The van der Waals surface area contributed by atoms with Crippen LogP contribution >= 0.6 is 0 Å². The fourth-order valence-corrected chi connectivity index (χ4v) is 2.25. The van der Waals surface area contributed by atoms with E-state index in [0.29, 0.717) is 6.42 Å². The van der Waals surface area contributed by atoms with Crippen molar-refractivity contribution in [2.24, 2.45) is 0 Å². The van der Waals surface area contributed by atoms with E-state index in [-0.39, 0.29) is 12.4 Å². The fraction of sp³-hybridized carbons (Fsp3) is 0.769. The number of ether oxygens (including phenoxy) is 1. The van der Waals surface area contributed by atoms with Gasteiger partial charge in [-0.05, 0) is 31.3 Å². The zero-order valence-corrected chi connectivity index (χ0v) is 10.3. The quantitative estimate of drug-likeness (QED) is 0.430. The number of carbonyl (C=O) groups is 1. The Balaban J connectivity index is 2.51. The summed E-state index contributed by atoms with van der Waals surface area (Å²) in [6.07, 6.45) is 8.04. The van der Waals surface area contributed by atoms with Crippen LogP contribution in [0.15, 0.2) is 11.6 Å². The van der Waals surface area contributed by atoms with E-state index in [1.54, 1.807) is 0 Å². The molecular formula is C13H22O3. The molecule has 0 saturated carbocycles. The molecule has 0 aromatic heterocycles. The third kappa shape index (κ3) is 3.34. The van der Waals surface area contributed by atoms with E-state index in [4.69, 9.17) is 0 Å². The summed E-state index contributed by atoms with van der Waals surface area (Å²) in [5.41, 5.74) is 0.104. The molecule has 0 bridgehead atoms. The molecule has 1 aliphatic carbocycles. The first-order valence-electron chi connectivity index (χ1n) is 6.11. The first-order chi connectivity index (χ1) is 7.62. The highest BCUT2D eigenvalue weighted by Gasteiger charge is 2.36. The van der Waals surface area contributed by atoms with Gasteiger partial charge in [0.05, 0.1) is 19.1 Å². The van der Waals surface area contributed by atoms with Crippen molar-refractivity contribution in [3.63, 3.8) is 0 Å². The molecule has 3 heteroatoms. The number of esters is 1. The van der Waals surface area contributed by atoms with Gasteiger partial charge in [0.25, 0.3) is 0 Å². The fourth-order valence-electron chi connectivity index (χ4n) is 2.25. The Morgan fingerprint density at radius 3 is 2.94 bits per heavy atom. The summed E-state index contributed by atoms with van der Waals surface area (Å²) in [7, 11) is 1.36. The van der Waals surface area contributed by atoms with Crippen LogP contribution in [0.3, 0.4) is 0 Å². The van der Waals surface area contributed by atoms with Crippen LogP contribution in [0.5, 0.6) is 0 Å². The molecule has 92 valence electrons. The van der Waals surface area contributed by atoms with Gasteiger partial charge in [0.1, 0.15) is 0 Å². The second kappa shape index (κ2) is 6.04. The molecule has 0 saturated heterocycles. The molecule has 0 aromatic carbocycles. The molecule has 1 atom stereocenters. The van der Waals surface area contributed by atoms with E-state index in [1.807, 2.05) is 0 Å². The number of aliphatic hydroxyl groups is 1. The maximum Gasteiger partial charge on any atom is 0.308 e. The van der Waals surface area contributed by atoms with Gasteiger partial charge in [-0.2, -0.15) is 0 Å². The predicted octanol–water partition coefficient (Wildman–Crippen LogP) is 2.58. The van der Waals surface area contributed by atoms with Crippen LogP contribution in [0.4, 0.5) is 0 Å². The maximum atomic E-state index is 11.2. The SMILES string of the molecule is CCCCCC1=CCCC1(O)CC(=O)OC. The second-order valence-electron chi connectivity index (χ2n) is 4.51. The lowest BCUT2D eigenvalue weighted by atomic mass is 9.88. The van der Waals surface area contributed by atoms with Crippen LogP contribution in [0.1, 0.15) is 51.9 Å². The number of methoxy groups -OCH3 is 1. The summed E-state index contributed by atoms with van der Waals surface area (Å²) in [4.78, 5) is 11.2. The van der Waals surface area contributed by atoms with Gasteiger partial charge in [-0.25, -0.2) is 0 Å². The highest BCUT2D eigenvalue weighted by Crippen LogP contribution is 2.36. The molecule has 0 heterocycles. The monoisotopic (exact) mass is 226 g/mol. The number of hydrogen-bond acceptors (Lipinski definition) is 3. The number of rotatable bonds is 6. The van der Waals surface area contributed by atoms with Gasteiger partial charge in [-0.1, -0.05) is 25.8 Å². The van der Waals surface area contributed by atoms with Crippen LogP contribution in [0.2, 0.25) is 0 Å². The van der Waals surface area contributed by atoms with Gasteiger partial charge in [0.15, 0.2) is 0 Å². The predicted molar refractivity (Wildman–Crippen MR) is 63.0 cm³/mol. The minimum absolute atomic E-state index is 0.0987. The lowest BCUT2D eigenvalue weighted by molar-refractivity contribution is -0.144. The van der Waals surface area contributed by atoms with Crippen LogP contribution < -0.4 is 0 Å². The lowest BCUT2D eigenvalue weighted by Crippen LogP contribution is -2.31. The van der Waals surface area contributed by atoms with Gasteiger partial charge in [0, 0.05) is 0 Å². The van der Waals surface area contributed by atoms with Crippen molar-refractivity contribution in [3.8, 4) is 0 Å². The second-order valence-corrected chi connectivity index (χ2v) is 4.51. The molecule has 0 amide bonds. The van der Waals surface area contributed by atoms with Crippen LogP contribution in [0.25, 0.3) is 0 Å². The Morgan fingerprint density at radius 2 is 2.31 bits per heavy atom. The summed E-state index contributed by atoms with van der Waals surface area (Å²) in [5.74, 6) is -0.328. The van der Waals surface area contributed by atoms with Gasteiger partial charge in [0.2, 0.25) is 0 Å². The van der Waals surface area contributed by atoms with Crippen molar-refractivity contribution < 1.29 is 14.6 Å². The number of hydrogen-bond donors (Lipinski definition) is 1. The summed E-state index contributed by atoms with van der Waals surface area (Å²) < 4.78 is 4.63. The van der Waals surface area contributed by atoms with E-state index >= 15 is 0 Å². The molecule has 0 aromatic rings. The van der Waals surface area contributed by atoms with Crippen molar-refractivity contribution in [2.45, 2.75) is 57.5 Å². The van der Waals surface area contributed by atoms with Gasteiger partial charge in [-0.15, -0.1) is 0 Å². The summed E-state index contributed by atoms with van der Waals surface area (Å²) >= 11 is 0. The van der Waals surface area contributed by atoms with E-state index in [1.165, 1.54) is 20.0 Å². The highest BCUT2D eigenvalue weighted by molar-refractivity contribution is 5.71. The molecule has 1 aliphatic rings. The largest absolute Gasteiger partial charge is 0.469 e. The minimum Gasteiger partial charge on any atom is -0.469 e. The standard InChI is InChI=1S/C13H22O3/c1-3-4-5-7-11-8-6-9-13(11,15)10-12(14)16-2/h8,15H,3-7,9-10H2,1-2H3. The lowest BCUT2D eigenvalue weighted by Gasteiger charge is -2.25. The van der Waals surface area contributed by atoms with E-state index in [2.05, 4.69) is 17.7 Å². The molecular weight excluding hydrogens is 204 g/mol. The van der Waals surface area contributed by atoms with Crippen molar-refractivity contribution in [1.82, 2.24) is 0 Å². The summed E-state index contributed by atoms with van der Waals surface area (Å²) in [6, 6.07) is 0. The molecule has 1 rings (SSSR count). The Labute approximate surface area is 97.5 Å². The van der Waals surface area contributed by atoms with E-state index < -0.39 is 5.60 Å². The first-order valence-corrected chi connectivity index (χ1v) is 6.11. The topological polar surface area (TPSA) is 46.5 Å². The molecule has 0 spiro atoms. The normalized spacial score (nSPS) is 24.3. The van der Waals surface area contributed by atoms with E-state index in [9.17, 15) is 9.90 Å². The van der Waals surface area contributed by atoms with Crippen LogP contribution in [-0.4, -0.2) is 23.8 Å². The molecule has 0 fully saturated rings. The van der Waals surface area contributed by atoms with Crippen molar-refractivity contribution >= 4 is 5.97 Å². The Kier molecular flexibility index (Phi) is 5.00. The zero-order chi connectivity index (χ0) is 12.0. The molecule has 3 nitrogen and oxygen atoms in total. The Hall–Kier alpha value is -0.830. The number of unbranched alkanes of at least 4 members (excludes halogenated alkanes) is 2. The summed E-state index contributed by atoms with van der Waals surface area (Å²) in [5, 5.41) is 10.4. The average molecular weight is 226 g/mol.